The van der Waals surface area contributed by atoms with E-state index in [1.165, 1.54) is 11.4 Å². The van der Waals surface area contributed by atoms with Crippen molar-refractivity contribution in [3.05, 3.63) is 23.0 Å². The van der Waals surface area contributed by atoms with E-state index in [0.717, 1.165) is 12.1 Å². The van der Waals surface area contributed by atoms with Gasteiger partial charge in [-0.25, -0.2) is 0 Å². The molecule has 1 aromatic rings. The average Bonchev–Trinajstić information content (AvgIpc) is 2.31. The average molecular weight is 181 g/mol. The summed E-state index contributed by atoms with van der Waals surface area (Å²) in [7, 11) is 0. The lowest BCUT2D eigenvalue weighted by Gasteiger charge is -2.12. The second-order valence-corrected chi connectivity index (χ2v) is 4.06. The van der Waals surface area contributed by atoms with Crippen molar-refractivity contribution in [1.29, 1.82) is 0 Å². The third-order valence-electron chi connectivity index (χ3n) is 2.40. The van der Waals surface area contributed by atoms with Crippen molar-refractivity contribution >= 4 is 0 Å². The predicted octanol–water partition coefficient (Wildman–Crippen LogP) is 2.25. The van der Waals surface area contributed by atoms with Crippen molar-refractivity contribution in [3.63, 3.8) is 0 Å². The number of aryl methyl sites for hydroxylation is 1. The molecule has 0 radical (unpaired) electrons. The fourth-order valence-electron chi connectivity index (χ4n) is 1.68. The van der Waals surface area contributed by atoms with E-state index in [9.17, 15) is 0 Å². The van der Waals surface area contributed by atoms with Crippen LogP contribution in [0.3, 0.4) is 0 Å². The summed E-state index contributed by atoms with van der Waals surface area (Å²) in [6.07, 6.45) is 0. The third kappa shape index (κ3) is 2.13. The van der Waals surface area contributed by atoms with E-state index in [1.807, 2.05) is 0 Å². The van der Waals surface area contributed by atoms with Gasteiger partial charge in [0.1, 0.15) is 0 Å². The smallest absolute Gasteiger partial charge is 0.0699 e. The third-order valence-corrected chi connectivity index (χ3v) is 2.40. The molecule has 1 N–H and O–H groups in total. The lowest BCUT2D eigenvalue weighted by molar-refractivity contribution is 0.280. The summed E-state index contributed by atoms with van der Waals surface area (Å²) in [6, 6.07) is 2.07. The Morgan fingerprint density at radius 3 is 2.38 bits per heavy atom. The largest absolute Gasteiger partial charge is 0.392 e. The summed E-state index contributed by atoms with van der Waals surface area (Å²) in [5.41, 5.74) is 3.50. The summed E-state index contributed by atoms with van der Waals surface area (Å²) < 4.78 is 2.27. The highest BCUT2D eigenvalue weighted by Gasteiger charge is 2.08. The number of rotatable bonds is 3. The van der Waals surface area contributed by atoms with Gasteiger partial charge in [0, 0.05) is 17.9 Å². The van der Waals surface area contributed by atoms with Crippen LogP contribution in [0.2, 0.25) is 0 Å². The highest BCUT2D eigenvalue weighted by molar-refractivity contribution is 5.25. The molecule has 13 heavy (non-hydrogen) atoms. The molecule has 0 saturated carbocycles. The van der Waals surface area contributed by atoms with Crippen LogP contribution >= 0.6 is 0 Å². The molecule has 0 aromatic carbocycles. The van der Waals surface area contributed by atoms with Crippen LogP contribution in [0.25, 0.3) is 0 Å². The van der Waals surface area contributed by atoms with Crippen molar-refractivity contribution < 1.29 is 5.11 Å². The number of hydrogen-bond donors (Lipinski definition) is 1. The molecule has 1 aromatic heterocycles. The molecule has 1 heterocycles. The van der Waals surface area contributed by atoms with Crippen LogP contribution < -0.4 is 0 Å². The molecule has 0 unspecified atom stereocenters. The van der Waals surface area contributed by atoms with Crippen molar-refractivity contribution in [2.24, 2.45) is 5.92 Å². The normalized spacial score (nSPS) is 11.2. The molecule has 2 nitrogen and oxygen atoms in total. The molecule has 0 aliphatic carbocycles. The van der Waals surface area contributed by atoms with Gasteiger partial charge in [0.25, 0.3) is 0 Å². The molecule has 2 heteroatoms. The van der Waals surface area contributed by atoms with Crippen molar-refractivity contribution in [2.75, 3.05) is 0 Å². The molecule has 0 bridgehead atoms. The summed E-state index contributed by atoms with van der Waals surface area (Å²) >= 11 is 0. The van der Waals surface area contributed by atoms with E-state index >= 15 is 0 Å². The Morgan fingerprint density at radius 2 is 2.00 bits per heavy atom. The maximum absolute atomic E-state index is 9.08. The van der Waals surface area contributed by atoms with Crippen LogP contribution in [0, 0.1) is 19.8 Å². The Hall–Kier alpha value is -0.760. The first-order valence-corrected chi connectivity index (χ1v) is 4.82. The summed E-state index contributed by atoms with van der Waals surface area (Å²) in [5, 5.41) is 9.08. The highest BCUT2D eigenvalue weighted by Crippen LogP contribution is 2.16. The Balaban J connectivity index is 2.98. The molecule has 0 aliphatic heterocycles. The van der Waals surface area contributed by atoms with Crippen LogP contribution in [0.4, 0.5) is 0 Å². The van der Waals surface area contributed by atoms with Gasteiger partial charge in [-0.15, -0.1) is 0 Å². The van der Waals surface area contributed by atoms with Gasteiger partial charge in [-0.1, -0.05) is 13.8 Å². The number of nitrogens with zero attached hydrogens (tertiary/aromatic N) is 1. The molecular weight excluding hydrogens is 162 g/mol. The molecule has 0 atom stereocenters. The summed E-state index contributed by atoms with van der Waals surface area (Å²) in [6.45, 7) is 9.76. The Kier molecular flexibility index (Phi) is 3.15. The van der Waals surface area contributed by atoms with Gasteiger partial charge in [-0.2, -0.15) is 0 Å². The van der Waals surface area contributed by atoms with Crippen LogP contribution in [0.15, 0.2) is 6.07 Å². The number of aliphatic hydroxyl groups is 1. The van der Waals surface area contributed by atoms with E-state index in [2.05, 4.69) is 38.3 Å². The maximum atomic E-state index is 9.08. The van der Waals surface area contributed by atoms with E-state index < -0.39 is 0 Å². The summed E-state index contributed by atoms with van der Waals surface area (Å²) in [5.74, 6) is 0.649. The second kappa shape index (κ2) is 3.97. The molecule has 0 amide bonds. The molecule has 0 fully saturated rings. The predicted molar refractivity (Wildman–Crippen MR) is 54.7 cm³/mol. The van der Waals surface area contributed by atoms with Gasteiger partial charge in [0.15, 0.2) is 0 Å². The summed E-state index contributed by atoms with van der Waals surface area (Å²) in [4.78, 5) is 0. The van der Waals surface area contributed by atoms with Gasteiger partial charge in [-0.05, 0) is 31.4 Å². The van der Waals surface area contributed by atoms with Gasteiger partial charge >= 0.3 is 0 Å². The minimum absolute atomic E-state index is 0.151. The topological polar surface area (TPSA) is 25.2 Å². The van der Waals surface area contributed by atoms with Gasteiger partial charge < -0.3 is 9.67 Å². The molecular formula is C11H19NO. The standard InChI is InChI=1S/C11H19NO/c1-8(2)6-12-9(3)5-11(7-13)10(12)4/h5,8,13H,6-7H2,1-4H3. The van der Waals surface area contributed by atoms with Crippen molar-refractivity contribution in [2.45, 2.75) is 40.8 Å². The zero-order chi connectivity index (χ0) is 10.0. The molecule has 0 aliphatic rings. The van der Waals surface area contributed by atoms with Gasteiger partial charge in [-0.3, -0.25) is 0 Å². The molecule has 0 saturated heterocycles. The number of aliphatic hydroxyl groups excluding tert-OH is 1. The van der Waals surface area contributed by atoms with Crippen LogP contribution in [-0.4, -0.2) is 9.67 Å². The fraction of sp³-hybridized carbons (Fsp3) is 0.636. The van der Waals surface area contributed by atoms with E-state index in [0.29, 0.717) is 5.92 Å². The van der Waals surface area contributed by atoms with E-state index in [1.54, 1.807) is 0 Å². The van der Waals surface area contributed by atoms with Crippen LogP contribution in [-0.2, 0) is 13.2 Å². The zero-order valence-electron chi connectivity index (χ0n) is 8.96. The second-order valence-electron chi connectivity index (χ2n) is 4.06. The van der Waals surface area contributed by atoms with Crippen LogP contribution in [0.1, 0.15) is 30.8 Å². The highest BCUT2D eigenvalue weighted by atomic mass is 16.3. The lowest BCUT2D eigenvalue weighted by Crippen LogP contribution is -2.07. The first kappa shape index (κ1) is 10.3. The number of aromatic nitrogens is 1. The molecule has 1 rings (SSSR count). The first-order chi connectivity index (χ1) is 6.06. The Labute approximate surface area is 80.2 Å². The zero-order valence-corrected chi connectivity index (χ0v) is 8.96. The number of hydrogen-bond acceptors (Lipinski definition) is 1. The quantitative estimate of drug-likeness (QED) is 0.760. The molecule has 74 valence electrons. The van der Waals surface area contributed by atoms with Gasteiger partial charge in [0.2, 0.25) is 0 Å². The monoisotopic (exact) mass is 181 g/mol. The fourth-order valence-corrected chi connectivity index (χ4v) is 1.68. The van der Waals surface area contributed by atoms with Crippen molar-refractivity contribution in [3.8, 4) is 0 Å². The van der Waals surface area contributed by atoms with Crippen molar-refractivity contribution in [1.82, 2.24) is 4.57 Å². The first-order valence-electron chi connectivity index (χ1n) is 4.82. The lowest BCUT2D eigenvalue weighted by atomic mass is 10.2. The minimum Gasteiger partial charge on any atom is -0.392 e. The maximum Gasteiger partial charge on any atom is 0.0699 e. The van der Waals surface area contributed by atoms with E-state index in [4.69, 9.17) is 5.11 Å². The Bertz CT molecular complexity index is 287. The SMILES string of the molecule is Cc1cc(CO)c(C)n1CC(C)C. The van der Waals surface area contributed by atoms with Crippen LogP contribution in [0.5, 0.6) is 0 Å². The minimum atomic E-state index is 0.151. The Morgan fingerprint density at radius 1 is 1.38 bits per heavy atom. The van der Waals surface area contributed by atoms with Gasteiger partial charge in [0.05, 0.1) is 6.61 Å². The molecule has 0 spiro atoms. The van der Waals surface area contributed by atoms with E-state index in [-0.39, 0.29) is 6.61 Å².